The van der Waals surface area contributed by atoms with Crippen LogP contribution in [0.1, 0.15) is 0 Å². The third-order valence-corrected chi connectivity index (χ3v) is 0.755. The molecule has 0 aromatic heterocycles. The van der Waals surface area contributed by atoms with Crippen molar-refractivity contribution >= 4 is 6.16 Å². The minimum Gasteiger partial charge on any atom is -0.325 e. The van der Waals surface area contributed by atoms with E-state index in [1.807, 2.05) is 5.32 Å². The maximum Gasteiger partial charge on any atom is 0.416 e. The van der Waals surface area contributed by atoms with Crippen molar-refractivity contribution in [3.63, 3.8) is 0 Å². The second-order valence-corrected chi connectivity index (χ2v) is 2.66. The molecule has 0 aliphatic carbocycles. The Morgan fingerprint density at radius 2 is 1.39 bits per heavy atom. The summed E-state index contributed by atoms with van der Waals surface area (Å²) < 4.78 is 114. The van der Waals surface area contributed by atoms with Gasteiger partial charge in [-0.15, -0.1) is 11.0 Å². The maximum atomic E-state index is 11.1. The SMILES string of the molecule is C=CCNC(=O)F.FCC(F)(F)F.FCF.FOCC(F)(F)F. The predicted octanol–water partition coefficient (Wildman–Crippen LogP) is 4.70. The smallest absolute Gasteiger partial charge is 0.325 e. The normalized spacial score (nSPS) is 9.87. The van der Waals surface area contributed by atoms with Crippen molar-refractivity contribution in [1.82, 2.24) is 5.32 Å². The highest BCUT2D eigenvalue weighted by Crippen LogP contribution is 2.14. The standard InChI is InChI=1S/C4H6FNO.C2H2F4O.C2H2F4.CH2F2/c1-2-3-6-4(5)7;3-2(4,5)1-7-6;3-1-2(4,5)6;2-1-3/h2H,1,3H2,(H,6,7);1H2;1H2;1H2. The first-order valence-corrected chi connectivity index (χ1v) is 4.90. The molecule has 0 spiro atoms. The zero-order chi connectivity index (χ0) is 19.5. The van der Waals surface area contributed by atoms with Crippen LogP contribution in [0, 0.1) is 0 Å². The lowest BCUT2D eigenvalue weighted by atomic mass is 10.6. The Labute approximate surface area is 123 Å². The van der Waals surface area contributed by atoms with Gasteiger partial charge >= 0.3 is 18.5 Å². The van der Waals surface area contributed by atoms with Gasteiger partial charge in [0, 0.05) is 6.54 Å². The molecule has 0 saturated heterocycles. The monoisotopic (exact) mass is 375 g/mol. The fourth-order valence-electron chi connectivity index (χ4n) is 0.214. The Hall–Kier alpha value is -1.60. The molecule has 3 nitrogen and oxygen atoms in total. The van der Waals surface area contributed by atoms with Gasteiger partial charge in [0.2, 0.25) is 6.93 Å². The fourth-order valence-corrected chi connectivity index (χ4v) is 0.214. The van der Waals surface area contributed by atoms with E-state index in [1.165, 1.54) is 6.08 Å². The van der Waals surface area contributed by atoms with Crippen molar-refractivity contribution < 1.29 is 58.2 Å². The molecule has 0 atom stereocenters. The summed E-state index contributed by atoms with van der Waals surface area (Å²) in [4.78, 5) is 11.7. The zero-order valence-electron chi connectivity index (χ0n) is 11.1. The van der Waals surface area contributed by atoms with Crippen LogP contribution in [0.5, 0.6) is 0 Å². The number of alkyl halides is 9. The van der Waals surface area contributed by atoms with Crippen molar-refractivity contribution in [3.8, 4) is 0 Å². The molecule has 0 unspecified atom stereocenters. The first-order chi connectivity index (χ1) is 10.3. The first kappa shape index (κ1) is 29.4. The predicted molar refractivity (Wildman–Crippen MR) is 56.9 cm³/mol. The lowest BCUT2D eigenvalue weighted by Gasteiger charge is -1.97. The van der Waals surface area contributed by atoms with Gasteiger partial charge in [-0.3, -0.25) is 0 Å². The average Bonchev–Trinajstić information content (AvgIpc) is 2.36. The number of amides is 1. The summed E-state index contributed by atoms with van der Waals surface area (Å²) in [6.45, 7) is -2.36. The van der Waals surface area contributed by atoms with E-state index in [1.54, 1.807) is 0 Å². The minimum absolute atomic E-state index is 0.190. The van der Waals surface area contributed by atoms with Crippen LogP contribution in [0.15, 0.2) is 12.7 Å². The lowest BCUT2D eigenvalue weighted by molar-refractivity contribution is -0.245. The minimum atomic E-state index is -4.62. The molecule has 0 radical (unpaired) electrons. The van der Waals surface area contributed by atoms with Gasteiger partial charge in [-0.1, -0.05) is 6.08 Å². The number of halogens is 11. The Kier molecular flexibility index (Phi) is 23.6. The van der Waals surface area contributed by atoms with Gasteiger partial charge in [-0.05, 0) is 4.53 Å². The van der Waals surface area contributed by atoms with Gasteiger partial charge < -0.3 is 5.32 Å². The second-order valence-electron chi connectivity index (χ2n) is 2.66. The van der Waals surface area contributed by atoms with Crippen molar-refractivity contribution in [3.05, 3.63) is 12.7 Å². The first-order valence-electron chi connectivity index (χ1n) is 4.90. The maximum absolute atomic E-state index is 11.1. The number of hydrogen-bond acceptors (Lipinski definition) is 2. The van der Waals surface area contributed by atoms with Crippen molar-refractivity contribution in [2.45, 2.75) is 12.4 Å². The van der Waals surface area contributed by atoms with Gasteiger partial charge in [-0.25, -0.2) is 18.0 Å². The quantitative estimate of drug-likeness (QED) is 0.336. The highest BCUT2D eigenvalue weighted by molar-refractivity contribution is 5.65. The van der Waals surface area contributed by atoms with Crippen molar-refractivity contribution in [2.24, 2.45) is 0 Å². The molecular weight excluding hydrogens is 363 g/mol. The van der Waals surface area contributed by atoms with E-state index in [4.69, 9.17) is 0 Å². The van der Waals surface area contributed by atoms with Crippen molar-refractivity contribution in [1.29, 1.82) is 0 Å². The average molecular weight is 375 g/mol. The molecule has 0 aromatic rings. The molecule has 0 rings (SSSR count). The highest BCUT2D eigenvalue weighted by Gasteiger charge is 2.28. The van der Waals surface area contributed by atoms with E-state index < -0.39 is 38.7 Å². The molecule has 0 aliphatic heterocycles. The molecule has 1 amide bonds. The van der Waals surface area contributed by atoms with Crippen LogP contribution in [0.3, 0.4) is 0 Å². The van der Waals surface area contributed by atoms with Crippen molar-refractivity contribution in [2.75, 3.05) is 26.8 Å². The molecule has 0 saturated carbocycles. The van der Waals surface area contributed by atoms with Gasteiger partial charge in [0.05, 0.1) is 0 Å². The Bertz CT molecular complexity index is 267. The summed E-state index contributed by atoms with van der Waals surface area (Å²) in [7, 11) is 0. The van der Waals surface area contributed by atoms with Crippen LogP contribution in [0.25, 0.3) is 0 Å². The summed E-state index contributed by atoms with van der Waals surface area (Å²) in [6, 6.07) is 0. The van der Waals surface area contributed by atoms with E-state index in [0.717, 1.165) is 0 Å². The highest BCUT2D eigenvalue weighted by atomic mass is 19.4. The van der Waals surface area contributed by atoms with E-state index in [0.29, 0.717) is 0 Å². The van der Waals surface area contributed by atoms with E-state index in [9.17, 15) is 53.2 Å². The molecule has 23 heavy (non-hydrogen) atoms. The fraction of sp³-hybridized carbons (Fsp3) is 0.667. The third kappa shape index (κ3) is 78.2. The van der Waals surface area contributed by atoms with Gasteiger partial charge in [0.15, 0.2) is 13.3 Å². The molecule has 0 bridgehead atoms. The number of nitrogens with one attached hydrogen (secondary N) is 1. The Balaban J connectivity index is -0.000000109. The molecule has 142 valence electrons. The largest absolute Gasteiger partial charge is 0.416 e. The topological polar surface area (TPSA) is 38.3 Å². The number of carbonyl (C=O) groups excluding carboxylic acids is 1. The van der Waals surface area contributed by atoms with Gasteiger partial charge in [0.25, 0.3) is 0 Å². The molecule has 14 heteroatoms. The molecule has 0 fully saturated rings. The molecule has 0 heterocycles. The number of rotatable bonds is 3. The third-order valence-electron chi connectivity index (χ3n) is 0.755. The summed E-state index contributed by atoms with van der Waals surface area (Å²) in [5, 5.41) is 1.87. The molecular formula is C9H12F11NO2. The van der Waals surface area contributed by atoms with E-state index >= 15 is 0 Å². The molecule has 0 aliphatic rings. The Morgan fingerprint density at radius 3 is 1.43 bits per heavy atom. The summed E-state index contributed by atoms with van der Waals surface area (Å²) in [6.07, 6.45) is -9.29. The van der Waals surface area contributed by atoms with Crippen LogP contribution in [-0.2, 0) is 4.94 Å². The Morgan fingerprint density at radius 1 is 1.04 bits per heavy atom. The van der Waals surface area contributed by atoms with Crippen LogP contribution < -0.4 is 5.32 Å². The number of carbonyl (C=O) groups is 1. The second kappa shape index (κ2) is 18.4. The summed E-state index contributed by atoms with van der Waals surface area (Å²) in [5.41, 5.74) is 0. The summed E-state index contributed by atoms with van der Waals surface area (Å²) in [5.74, 6) is 0. The zero-order valence-corrected chi connectivity index (χ0v) is 11.1. The molecule has 1 N–H and O–H groups in total. The summed E-state index contributed by atoms with van der Waals surface area (Å²) >= 11 is 0. The van der Waals surface area contributed by atoms with Gasteiger partial charge in [-0.2, -0.15) is 31.3 Å². The van der Waals surface area contributed by atoms with Gasteiger partial charge in [0.1, 0.15) is 0 Å². The lowest BCUT2D eigenvalue weighted by Crippen LogP contribution is -2.16. The van der Waals surface area contributed by atoms with Crippen LogP contribution in [0.2, 0.25) is 0 Å². The number of hydrogen-bond donors (Lipinski definition) is 1. The van der Waals surface area contributed by atoms with Crippen LogP contribution >= 0.6 is 0 Å². The van der Waals surface area contributed by atoms with Crippen LogP contribution in [-0.4, -0.2) is 45.3 Å². The van der Waals surface area contributed by atoms with Crippen LogP contribution in [0.4, 0.5) is 53.2 Å². The van der Waals surface area contributed by atoms with E-state index in [2.05, 4.69) is 11.5 Å². The van der Waals surface area contributed by atoms with E-state index in [-0.39, 0.29) is 6.54 Å². The molecule has 0 aromatic carbocycles.